The van der Waals surface area contributed by atoms with E-state index in [9.17, 15) is 19.5 Å². The molecule has 3 amide bonds. The fourth-order valence-corrected chi connectivity index (χ4v) is 6.51. The van der Waals surface area contributed by atoms with Gasteiger partial charge < -0.3 is 10.4 Å². The van der Waals surface area contributed by atoms with Crippen LogP contribution in [0.5, 0.6) is 0 Å². The second kappa shape index (κ2) is 9.63. The van der Waals surface area contributed by atoms with E-state index in [-0.39, 0.29) is 48.4 Å². The Morgan fingerprint density at radius 2 is 1.58 bits per heavy atom. The molecule has 0 aliphatic carbocycles. The molecule has 2 fully saturated rings. The minimum absolute atomic E-state index is 0.0198. The molecule has 2 N–H and O–H groups in total. The Kier molecular flexibility index (Phi) is 6.28. The number of para-hydroxylation sites is 1. The number of β-amino-alcohol motifs (C(OH)–C–C–N with tert-alkyl or cyclic N) is 1. The number of nitrogens with zero attached hydrogens (tertiary/aromatic N) is 4. The Morgan fingerprint density at radius 3 is 2.21 bits per heavy atom. The van der Waals surface area contributed by atoms with E-state index >= 15 is 0 Å². The highest BCUT2D eigenvalue weighted by Gasteiger charge is 2.43. The van der Waals surface area contributed by atoms with E-state index in [1.165, 1.54) is 0 Å². The lowest BCUT2D eigenvalue weighted by Crippen LogP contribution is -2.53. The lowest BCUT2D eigenvalue weighted by atomic mass is 9.96. The summed E-state index contributed by atoms with van der Waals surface area (Å²) in [6, 6.07) is 15.3. The minimum Gasteiger partial charge on any atom is -0.390 e. The van der Waals surface area contributed by atoms with E-state index in [4.69, 9.17) is 0 Å². The predicted molar refractivity (Wildman–Crippen MR) is 142 cm³/mol. The number of aromatic nitrogens is 2. The average Bonchev–Trinajstić information content (AvgIpc) is 3.48. The summed E-state index contributed by atoms with van der Waals surface area (Å²) >= 11 is 0. The van der Waals surface area contributed by atoms with E-state index in [1.807, 2.05) is 28.9 Å². The molecule has 3 aromatic rings. The van der Waals surface area contributed by atoms with Crippen LogP contribution in [0.4, 0.5) is 0 Å². The van der Waals surface area contributed by atoms with E-state index in [0.717, 1.165) is 41.5 Å². The molecule has 2 unspecified atom stereocenters. The van der Waals surface area contributed by atoms with Crippen molar-refractivity contribution in [3.05, 3.63) is 65.4 Å². The summed E-state index contributed by atoms with van der Waals surface area (Å²) < 4.78 is 1.90. The lowest BCUT2D eigenvalue weighted by molar-refractivity contribution is 0.0301. The Bertz CT molecular complexity index is 1370. The maximum atomic E-state index is 13.3. The van der Waals surface area contributed by atoms with E-state index < -0.39 is 6.10 Å². The van der Waals surface area contributed by atoms with Crippen molar-refractivity contribution in [2.75, 3.05) is 13.1 Å². The lowest BCUT2D eigenvalue weighted by Gasteiger charge is -2.40. The van der Waals surface area contributed by atoms with Crippen LogP contribution in [-0.4, -0.2) is 79.7 Å². The number of fused-ring (bicyclic) bond motifs is 4. The van der Waals surface area contributed by atoms with Crippen LogP contribution >= 0.6 is 0 Å². The van der Waals surface area contributed by atoms with Gasteiger partial charge in [-0.25, -0.2) is 0 Å². The smallest absolute Gasteiger partial charge is 0.272 e. The molecule has 2 bridgehead atoms. The molecular weight excluding hydrogens is 482 g/mol. The monoisotopic (exact) mass is 515 g/mol. The number of rotatable bonds is 7. The standard InChI is InChI=1S/C29H33N5O4/c1-17(2)34-25-10-6-5-9-24(25)26(31-34)27(36)30-18-13-19-11-12-20(14-18)32(19)15-21(35)16-33-28(37)22-7-3-4-8-23(22)29(33)38/h3-10,17-21,35H,11-16H2,1-2H3,(H,30,36)/t18?,19-,20+,21?. The Morgan fingerprint density at radius 1 is 0.974 bits per heavy atom. The van der Waals surface area contributed by atoms with Crippen LogP contribution < -0.4 is 5.32 Å². The second-order valence-corrected chi connectivity index (χ2v) is 11.0. The third kappa shape index (κ3) is 4.19. The number of nitrogens with one attached hydrogen (secondary N) is 1. The van der Waals surface area contributed by atoms with Gasteiger partial charge in [0.1, 0.15) is 0 Å². The molecule has 38 heavy (non-hydrogen) atoms. The minimum atomic E-state index is -0.835. The summed E-state index contributed by atoms with van der Waals surface area (Å²) in [6.07, 6.45) is 2.76. The van der Waals surface area contributed by atoms with Crippen LogP contribution in [0.2, 0.25) is 0 Å². The summed E-state index contributed by atoms with van der Waals surface area (Å²) in [5.41, 5.74) is 2.20. The maximum absolute atomic E-state index is 13.3. The molecule has 3 aliphatic heterocycles. The zero-order valence-electron chi connectivity index (χ0n) is 21.7. The number of carbonyl (C=O) groups is 3. The molecule has 198 valence electrons. The Hall–Kier alpha value is -3.56. The number of aliphatic hydroxyl groups excluding tert-OH is 1. The van der Waals surface area contributed by atoms with Crippen LogP contribution in [0.25, 0.3) is 10.9 Å². The average molecular weight is 516 g/mol. The van der Waals surface area contributed by atoms with Crippen molar-refractivity contribution < 1.29 is 19.5 Å². The number of carbonyl (C=O) groups excluding carboxylic acids is 3. The molecule has 9 heteroatoms. The fraction of sp³-hybridized carbons (Fsp3) is 0.448. The number of piperidine rings is 1. The van der Waals surface area contributed by atoms with E-state index in [2.05, 4.69) is 29.2 Å². The number of benzene rings is 2. The van der Waals surface area contributed by atoms with Gasteiger partial charge in [-0.1, -0.05) is 30.3 Å². The molecule has 1 aromatic heterocycles. The second-order valence-electron chi connectivity index (χ2n) is 11.0. The highest BCUT2D eigenvalue weighted by atomic mass is 16.3. The molecule has 0 radical (unpaired) electrons. The van der Waals surface area contributed by atoms with Crippen molar-refractivity contribution in [1.82, 2.24) is 24.9 Å². The molecule has 6 rings (SSSR count). The summed E-state index contributed by atoms with van der Waals surface area (Å²) in [7, 11) is 0. The van der Waals surface area contributed by atoms with Gasteiger partial charge in [-0.2, -0.15) is 5.10 Å². The van der Waals surface area contributed by atoms with Crippen molar-refractivity contribution in [3.8, 4) is 0 Å². The van der Waals surface area contributed by atoms with Crippen LogP contribution in [0, 0.1) is 0 Å². The molecule has 0 saturated carbocycles. The van der Waals surface area contributed by atoms with Gasteiger partial charge in [-0.3, -0.25) is 28.9 Å². The van der Waals surface area contributed by atoms with Crippen LogP contribution in [-0.2, 0) is 0 Å². The normalized spacial score (nSPS) is 23.9. The van der Waals surface area contributed by atoms with Gasteiger partial charge in [-0.15, -0.1) is 0 Å². The maximum Gasteiger partial charge on any atom is 0.272 e. The van der Waals surface area contributed by atoms with Gasteiger partial charge in [0.25, 0.3) is 17.7 Å². The topological polar surface area (TPSA) is 108 Å². The Labute approximate surface area is 221 Å². The molecule has 4 heterocycles. The number of hydrogen-bond donors (Lipinski definition) is 2. The number of amides is 3. The summed E-state index contributed by atoms with van der Waals surface area (Å²) in [6.45, 7) is 4.48. The first-order valence-corrected chi connectivity index (χ1v) is 13.5. The Balaban J connectivity index is 1.09. The molecule has 2 aromatic carbocycles. The van der Waals surface area contributed by atoms with Gasteiger partial charge in [0, 0.05) is 36.1 Å². The summed E-state index contributed by atoms with van der Waals surface area (Å²) in [5.74, 6) is -0.841. The molecule has 9 nitrogen and oxygen atoms in total. The number of aliphatic hydroxyl groups is 1. The first kappa shape index (κ1) is 24.8. The molecule has 3 aliphatic rings. The highest BCUT2D eigenvalue weighted by Crippen LogP contribution is 2.36. The molecule has 4 atom stereocenters. The molecular formula is C29H33N5O4. The first-order chi connectivity index (χ1) is 18.3. The summed E-state index contributed by atoms with van der Waals surface area (Å²) in [4.78, 5) is 42.1. The van der Waals surface area contributed by atoms with Crippen molar-refractivity contribution >= 4 is 28.6 Å². The van der Waals surface area contributed by atoms with E-state index in [1.54, 1.807) is 24.3 Å². The quantitative estimate of drug-likeness (QED) is 0.469. The van der Waals surface area contributed by atoms with Gasteiger partial charge >= 0.3 is 0 Å². The molecule has 0 spiro atoms. The van der Waals surface area contributed by atoms with Gasteiger partial charge in [0.15, 0.2) is 5.69 Å². The van der Waals surface area contributed by atoms with Gasteiger partial charge in [0.05, 0.1) is 29.3 Å². The van der Waals surface area contributed by atoms with E-state index in [0.29, 0.717) is 23.4 Å². The van der Waals surface area contributed by atoms with Crippen molar-refractivity contribution in [2.24, 2.45) is 0 Å². The predicted octanol–water partition coefficient (Wildman–Crippen LogP) is 3.00. The zero-order valence-corrected chi connectivity index (χ0v) is 21.7. The van der Waals surface area contributed by atoms with Crippen LogP contribution in [0.1, 0.15) is 76.8 Å². The van der Waals surface area contributed by atoms with Crippen LogP contribution in [0.15, 0.2) is 48.5 Å². The van der Waals surface area contributed by atoms with Gasteiger partial charge in [-0.05, 0) is 57.7 Å². The number of hydrogen-bond acceptors (Lipinski definition) is 6. The summed E-state index contributed by atoms with van der Waals surface area (Å²) in [5, 5.41) is 19.6. The SMILES string of the molecule is CC(C)n1nc(C(=O)NC2C[C@H]3CC[C@@H](C2)N3CC(O)CN2C(=O)c3ccccc3C2=O)c2ccccc21. The third-order valence-electron chi connectivity index (χ3n) is 8.23. The molecule has 2 saturated heterocycles. The van der Waals surface area contributed by atoms with Crippen molar-refractivity contribution in [1.29, 1.82) is 0 Å². The number of imide groups is 1. The fourth-order valence-electron chi connectivity index (χ4n) is 6.51. The third-order valence-corrected chi connectivity index (χ3v) is 8.23. The first-order valence-electron chi connectivity index (χ1n) is 13.5. The van der Waals surface area contributed by atoms with Gasteiger partial charge in [0.2, 0.25) is 0 Å². The van der Waals surface area contributed by atoms with Crippen LogP contribution in [0.3, 0.4) is 0 Å². The zero-order chi connectivity index (χ0) is 26.6. The van der Waals surface area contributed by atoms with Crippen molar-refractivity contribution in [3.63, 3.8) is 0 Å². The highest BCUT2D eigenvalue weighted by molar-refractivity contribution is 6.21. The largest absolute Gasteiger partial charge is 0.390 e. The van der Waals surface area contributed by atoms with Crippen molar-refractivity contribution in [2.45, 2.75) is 69.8 Å².